The zero-order valence-electron chi connectivity index (χ0n) is 24.7. The van der Waals surface area contributed by atoms with Crippen LogP contribution in [0.1, 0.15) is 28.0 Å². The number of rotatable bonds is 7. The summed E-state index contributed by atoms with van der Waals surface area (Å²) in [5, 5.41) is 10.5. The van der Waals surface area contributed by atoms with E-state index in [1.165, 1.54) is 25.3 Å². The van der Waals surface area contributed by atoms with Crippen LogP contribution < -0.4 is 0 Å². The van der Waals surface area contributed by atoms with Crippen LogP contribution in [0.3, 0.4) is 0 Å². The van der Waals surface area contributed by atoms with Crippen molar-refractivity contribution < 1.29 is 31.1 Å². The van der Waals surface area contributed by atoms with E-state index in [1.807, 2.05) is 0 Å². The molecule has 0 aliphatic rings. The van der Waals surface area contributed by atoms with Crippen molar-refractivity contribution in [2.75, 3.05) is 7.11 Å². The molecule has 0 saturated carbocycles. The summed E-state index contributed by atoms with van der Waals surface area (Å²) < 4.78 is 78.0. The fourth-order valence-corrected chi connectivity index (χ4v) is 7.44. The Morgan fingerprint density at radius 1 is 0.936 bits per heavy atom. The summed E-state index contributed by atoms with van der Waals surface area (Å²) >= 11 is 6.59. The van der Waals surface area contributed by atoms with Crippen LogP contribution in [-0.4, -0.2) is 30.0 Å². The number of carbonyl (C=O) groups excluding carboxylic acids is 1. The standard InChI is InChI=1S/C35H23ClF3N3O4S/c1-41-15-14-27(31(41)19-40)32-28-18-24(37)9-13-30(28)42(47(44,45)25-10-6-20(7-11-25)34(38)39)33(32)22-5-3-4-21(16-22)26-12-8-23(17-29(26)36)35(43)46-2/h3-18,34H,1-2H3. The molecule has 0 N–H and O–H groups in total. The van der Waals surface area contributed by atoms with Crippen LogP contribution >= 0.6 is 11.6 Å². The summed E-state index contributed by atoms with van der Waals surface area (Å²) in [6.07, 6.45) is -1.17. The van der Waals surface area contributed by atoms with Gasteiger partial charge >= 0.3 is 5.97 Å². The fraction of sp³-hybridized carbons (Fsp3) is 0.0857. The van der Waals surface area contributed by atoms with Crippen molar-refractivity contribution >= 4 is 38.5 Å². The van der Waals surface area contributed by atoms with E-state index in [-0.39, 0.29) is 48.9 Å². The van der Waals surface area contributed by atoms with E-state index in [4.69, 9.17) is 16.3 Å². The number of esters is 1. The van der Waals surface area contributed by atoms with Crippen molar-refractivity contribution in [2.24, 2.45) is 7.05 Å². The quantitative estimate of drug-likeness (QED) is 0.158. The topological polar surface area (TPSA) is 94.1 Å². The number of nitrogens with zero attached hydrogens (tertiary/aromatic N) is 3. The first-order valence-electron chi connectivity index (χ1n) is 14.0. The summed E-state index contributed by atoms with van der Waals surface area (Å²) in [4.78, 5) is 11.8. The molecule has 0 fully saturated rings. The highest BCUT2D eigenvalue weighted by atomic mass is 35.5. The third-order valence-corrected chi connectivity index (χ3v) is 9.88. The SMILES string of the molecule is COC(=O)c1ccc(-c2cccc(-c3c(-c4ccn(C)c4C#N)c4cc(F)ccc4n3S(=O)(=O)c3ccc(C(F)F)cc3)c2)c(Cl)c1. The summed E-state index contributed by atoms with van der Waals surface area (Å²) in [6, 6.07) is 23.1. The van der Waals surface area contributed by atoms with Gasteiger partial charge in [-0.1, -0.05) is 48.0 Å². The predicted octanol–water partition coefficient (Wildman–Crippen LogP) is 8.61. The number of aryl methyl sites for hydroxylation is 1. The Bertz CT molecular complexity index is 2360. The van der Waals surface area contributed by atoms with Gasteiger partial charge in [0, 0.05) is 51.5 Å². The maximum atomic E-state index is 14.9. The molecule has 0 unspecified atom stereocenters. The van der Waals surface area contributed by atoms with E-state index in [9.17, 15) is 31.6 Å². The Morgan fingerprint density at radius 2 is 1.66 bits per heavy atom. The van der Waals surface area contributed by atoms with Crippen LogP contribution in [0.5, 0.6) is 0 Å². The molecule has 2 heterocycles. The summed E-state index contributed by atoms with van der Waals surface area (Å²) in [5.74, 6) is -1.21. The van der Waals surface area contributed by atoms with Crippen LogP contribution in [0.15, 0.2) is 102 Å². The smallest absolute Gasteiger partial charge is 0.337 e. The molecule has 4 aromatic carbocycles. The first-order valence-corrected chi connectivity index (χ1v) is 15.8. The normalized spacial score (nSPS) is 11.6. The maximum Gasteiger partial charge on any atom is 0.337 e. The summed E-state index contributed by atoms with van der Waals surface area (Å²) in [6.45, 7) is 0. The zero-order chi connectivity index (χ0) is 33.6. The molecule has 0 amide bonds. The molecule has 7 nitrogen and oxygen atoms in total. The van der Waals surface area contributed by atoms with Crippen molar-refractivity contribution in [3.63, 3.8) is 0 Å². The predicted molar refractivity (Wildman–Crippen MR) is 172 cm³/mol. The number of methoxy groups -OCH3 is 1. The first-order chi connectivity index (χ1) is 22.5. The lowest BCUT2D eigenvalue weighted by atomic mass is 9.96. The number of nitriles is 1. The first kappa shape index (κ1) is 31.7. The Labute approximate surface area is 272 Å². The molecular weight excluding hydrogens is 651 g/mol. The third-order valence-electron chi connectivity index (χ3n) is 7.84. The molecular formula is C35H23ClF3N3O4S. The average Bonchev–Trinajstić information content (AvgIpc) is 3.61. The van der Waals surface area contributed by atoms with E-state index < -0.39 is 28.2 Å². The van der Waals surface area contributed by atoms with Gasteiger partial charge in [-0.2, -0.15) is 5.26 Å². The average molecular weight is 674 g/mol. The summed E-state index contributed by atoms with van der Waals surface area (Å²) in [5.41, 5.74) is 2.37. The highest BCUT2D eigenvalue weighted by Crippen LogP contribution is 2.45. The zero-order valence-corrected chi connectivity index (χ0v) is 26.3. The number of benzene rings is 4. The number of carbonyl (C=O) groups is 1. The van der Waals surface area contributed by atoms with Crippen LogP contribution in [0.25, 0.3) is 44.4 Å². The van der Waals surface area contributed by atoms with Gasteiger partial charge in [-0.25, -0.2) is 30.4 Å². The Morgan fingerprint density at radius 3 is 2.32 bits per heavy atom. The molecule has 0 aliphatic carbocycles. The lowest BCUT2D eigenvalue weighted by Gasteiger charge is -2.15. The molecule has 0 saturated heterocycles. The monoisotopic (exact) mass is 673 g/mol. The molecule has 6 rings (SSSR count). The van der Waals surface area contributed by atoms with Crippen LogP contribution in [0, 0.1) is 17.1 Å². The minimum absolute atomic E-state index is 0.105. The largest absolute Gasteiger partial charge is 0.465 e. The van der Waals surface area contributed by atoms with E-state index in [2.05, 4.69) is 6.07 Å². The van der Waals surface area contributed by atoms with Crippen LogP contribution in [0.2, 0.25) is 5.02 Å². The summed E-state index contributed by atoms with van der Waals surface area (Å²) in [7, 11) is -1.61. The van der Waals surface area contributed by atoms with Gasteiger partial charge in [0.05, 0.1) is 28.8 Å². The van der Waals surface area contributed by atoms with Gasteiger partial charge in [0.1, 0.15) is 17.6 Å². The molecule has 0 bridgehead atoms. The molecule has 0 spiro atoms. The molecule has 0 aliphatic heterocycles. The molecule has 236 valence electrons. The highest BCUT2D eigenvalue weighted by molar-refractivity contribution is 7.90. The van der Waals surface area contributed by atoms with Gasteiger partial charge in [0.15, 0.2) is 0 Å². The van der Waals surface area contributed by atoms with Crippen molar-refractivity contribution in [3.05, 3.63) is 125 Å². The molecule has 6 aromatic rings. The van der Waals surface area contributed by atoms with Gasteiger partial charge in [-0.05, 0) is 60.2 Å². The Hall–Kier alpha value is -5.31. The van der Waals surface area contributed by atoms with E-state index >= 15 is 0 Å². The van der Waals surface area contributed by atoms with Gasteiger partial charge < -0.3 is 9.30 Å². The minimum atomic E-state index is -4.52. The molecule has 2 aromatic heterocycles. The second-order valence-corrected chi connectivity index (χ2v) is 12.8. The number of fused-ring (bicyclic) bond motifs is 1. The third kappa shape index (κ3) is 5.45. The number of ether oxygens (including phenoxy) is 1. The fourth-order valence-electron chi connectivity index (χ4n) is 5.61. The second-order valence-electron chi connectivity index (χ2n) is 10.6. The number of aromatic nitrogens is 2. The molecule has 47 heavy (non-hydrogen) atoms. The van der Waals surface area contributed by atoms with Crippen LogP contribution in [-0.2, 0) is 21.8 Å². The van der Waals surface area contributed by atoms with Crippen LogP contribution in [0.4, 0.5) is 13.2 Å². The molecule has 12 heteroatoms. The number of halogens is 4. The van der Waals surface area contributed by atoms with Gasteiger partial charge in [-0.3, -0.25) is 0 Å². The van der Waals surface area contributed by atoms with E-state index in [1.54, 1.807) is 60.3 Å². The number of hydrogen-bond donors (Lipinski definition) is 0. The van der Waals surface area contributed by atoms with Gasteiger partial charge in [0.2, 0.25) is 0 Å². The number of hydrogen-bond acceptors (Lipinski definition) is 5. The van der Waals surface area contributed by atoms with E-state index in [0.29, 0.717) is 22.3 Å². The Balaban J connectivity index is 1.70. The lowest BCUT2D eigenvalue weighted by Crippen LogP contribution is -2.14. The minimum Gasteiger partial charge on any atom is -0.465 e. The van der Waals surface area contributed by atoms with Gasteiger partial charge in [-0.15, -0.1) is 0 Å². The molecule has 0 radical (unpaired) electrons. The van der Waals surface area contributed by atoms with Gasteiger partial charge in [0.25, 0.3) is 16.4 Å². The van der Waals surface area contributed by atoms with Crippen molar-refractivity contribution in [2.45, 2.75) is 11.3 Å². The van der Waals surface area contributed by atoms with Crippen molar-refractivity contribution in [1.82, 2.24) is 8.54 Å². The second kappa shape index (κ2) is 12.1. The highest BCUT2D eigenvalue weighted by Gasteiger charge is 2.31. The lowest BCUT2D eigenvalue weighted by molar-refractivity contribution is 0.0600. The van der Waals surface area contributed by atoms with Crippen molar-refractivity contribution in [1.29, 1.82) is 5.26 Å². The molecule has 0 atom stereocenters. The van der Waals surface area contributed by atoms with Crippen molar-refractivity contribution in [3.8, 4) is 39.6 Å². The maximum absolute atomic E-state index is 14.9. The Kier molecular flexibility index (Phi) is 8.17. The number of alkyl halides is 2. The van der Waals surface area contributed by atoms with E-state index in [0.717, 1.165) is 34.3 Å².